The Morgan fingerprint density at radius 2 is 2.05 bits per heavy atom. The number of piperidine rings is 1. The molecule has 3 N–H and O–H groups in total. The maximum atomic E-state index is 12.2. The predicted molar refractivity (Wildman–Crippen MR) is 87.0 cm³/mol. The van der Waals surface area contributed by atoms with Crippen LogP contribution in [-0.4, -0.2) is 43.0 Å². The van der Waals surface area contributed by atoms with Crippen LogP contribution in [0.2, 0.25) is 0 Å². The third-order valence-corrected chi connectivity index (χ3v) is 5.42. The van der Waals surface area contributed by atoms with Gasteiger partial charge in [0.2, 0.25) is 5.91 Å². The molecule has 2 fully saturated rings. The van der Waals surface area contributed by atoms with Gasteiger partial charge in [0.05, 0.1) is 5.92 Å². The molecule has 2 aliphatic rings. The average Bonchev–Trinajstić information content (AvgIpc) is 2.78. The average molecular weight is 295 g/mol. The molecule has 1 amide bonds. The minimum atomic E-state index is 0.176. The second kappa shape index (κ2) is 8.74. The quantitative estimate of drug-likeness (QED) is 0.764. The van der Waals surface area contributed by atoms with Crippen LogP contribution in [0.3, 0.4) is 0 Å². The first kappa shape index (κ1) is 16.8. The van der Waals surface area contributed by atoms with Gasteiger partial charge in [-0.2, -0.15) is 0 Å². The van der Waals surface area contributed by atoms with E-state index in [1.165, 1.54) is 45.1 Å². The van der Waals surface area contributed by atoms with Crippen LogP contribution in [0.15, 0.2) is 0 Å². The van der Waals surface area contributed by atoms with Gasteiger partial charge in [0, 0.05) is 25.7 Å². The Balaban J connectivity index is 1.84. The lowest BCUT2D eigenvalue weighted by atomic mass is 9.93. The second-order valence-electron chi connectivity index (χ2n) is 6.85. The van der Waals surface area contributed by atoms with Crippen LogP contribution in [0.4, 0.5) is 0 Å². The SMILES string of the molecule is CCC1CCCC(N2CCCC(C(=O)NCCN)C2)CC1. The highest BCUT2D eigenvalue weighted by Crippen LogP contribution is 2.30. The van der Waals surface area contributed by atoms with Crippen LogP contribution in [0.5, 0.6) is 0 Å². The van der Waals surface area contributed by atoms with Crippen molar-refractivity contribution in [3.05, 3.63) is 0 Å². The van der Waals surface area contributed by atoms with Gasteiger partial charge in [-0.1, -0.05) is 26.2 Å². The van der Waals surface area contributed by atoms with Crippen LogP contribution < -0.4 is 11.1 Å². The highest BCUT2D eigenvalue weighted by Gasteiger charge is 2.30. The van der Waals surface area contributed by atoms with Gasteiger partial charge < -0.3 is 11.1 Å². The number of carbonyl (C=O) groups excluding carboxylic acids is 1. The van der Waals surface area contributed by atoms with E-state index in [0.29, 0.717) is 19.1 Å². The van der Waals surface area contributed by atoms with Crippen LogP contribution in [0.1, 0.15) is 58.3 Å². The largest absolute Gasteiger partial charge is 0.355 e. The van der Waals surface area contributed by atoms with Crippen LogP contribution in [0, 0.1) is 11.8 Å². The molecule has 0 aromatic carbocycles. The molecule has 0 aromatic rings. The molecule has 1 heterocycles. The Morgan fingerprint density at radius 3 is 2.81 bits per heavy atom. The molecule has 4 heteroatoms. The molecular weight excluding hydrogens is 262 g/mol. The summed E-state index contributed by atoms with van der Waals surface area (Å²) in [5.41, 5.74) is 5.47. The van der Waals surface area contributed by atoms with E-state index in [1.54, 1.807) is 0 Å². The van der Waals surface area contributed by atoms with E-state index in [-0.39, 0.29) is 11.8 Å². The van der Waals surface area contributed by atoms with Gasteiger partial charge in [-0.25, -0.2) is 0 Å². The monoisotopic (exact) mass is 295 g/mol. The number of nitrogens with zero attached hydrogens (tertiary/aromatic N) is 1. The first-order valence-corrected chi connectivity index (χ1v) is 8.96. The van der Waals surface area contributed by atoms with E-state index in [2.05, 4.69) is 17.1 Å². The predicted octanol–water partition coefficient (Wildman–Crippen LogP) is 2.13. The Kier molecular flexibility index (Phi) is 6.97. The summed E-state index contributed by atoms with van der Waals surface area (Å²) in [6.45, 7) is 5.60. The number of rotatable bonds is 5. The lowest BCUT2D eigenvalue weighted by Crippen LogP contribution is -2.47. The van der Waals surface area contributed by atoms with Crippen molar-refractivity contribution in [2.75, 3.05) is 26.2 Å². The number of hydrogen-bond donors (Lipinski definition) is 2. The molecule has 0 aromatic heterocycles. The van der Waals surface area contributed by atoms with Crippen molar-refractivity contribution < 1.29 is 4.79 Å². The van der Waals surface area contributed by atoms with Crippen molar-refractivity contribution in [3.8, 4) is 0 Å². The van der Waals surface area contributed by atoms with Crippen molar-refractivity contribution in [1.29, 1.82) is 0 Å². The highest BCUT2D eigenvalue weighted by molar-refractivity contribution is 5.78. The molecule has 0 bridgehead atoms. The molecule has 1 aliphatic heterocycles. The van der Waals surface area contributed by atoms with Crippen molar-refractivity contribution in [1.82, 2.24) is 10.2 Å². The molecule has 1 aliphatic carbocycles. The molecule has 2 rings (SSSR count). The molecule has 0 spiro atoms. The Labute approximate surface area is 129 Å². The fourth-order valence-electron chi connectivity index (χ4n) is 4.02. The summed E-state index contributed by atoms with van der Waals surface area (Å²) >= 11 is 0. The number of carbonyl (C=O) groups is 1. The zero-order chi connectivity index (χ0) is 15.1. The van der Waals surface area contributed by atoms with Crippen molar-refractivity contribution in [3.63, 3.8) is 0 Å². The Hall–Kier alpha value is -0.610. The Morgan fingerprint density at radius 1 is 1.19 bits per heavy atom. The standard InChI is InChI=1S/C17H33N3O/c1-2-14-5-3-7-16(9-8-14)20-12-4-6-15(13-20)17(21)19-11-10-18/h14-16H,2-13,18H2,1H3,(H,19,21). The number of likely N-dealkylation sites (tertiary alicyclic amines) is 1. The van der Waals surface area contributed by atoms with E-state index in [4.69, 9.17) is 5.73 Å². The summed E-state index contributed by atoms with van der Waals surface area (Å²) in [5, 5.41) is 2.96. The normalized spacial score (nSPS) is 31.6. The van der Waals surface area contributed by atoms with Gasteiger partial charge in [0.25, 0.3) is 0 Å². The molecular formula is C17H33N3O. The van der Waals surface area contributed by atoms with Gasteiger partial charge >= 0.3 is 0 Å². The lowest BCUT2D eigenvalue weighted by molar-refractivity contribution is -0.127. The summed E-state index contributed by atoms with van der Waals surface area (Å²) in [6, 6.07) is 0.714. The Bertz CT molecular complexity index is 321. The third kappa shape index (κ3) is 4.96. The van der Waals surface area contributed by atoms with Crippen molar-refractivity contribution in [2.24, 2.45) is 17.6 Å². The highest BCUT2D eigenvalue weighted by atomic mass is 16.1. The van der Waals surface area contributed by atoms with Gasteiger partial charge in [0.15, 0.2) is 0 Å². The summed E-state index contributed by atoms with van der Waals surface area (Å²) in [7, 11) is 0. The van der Waals surface area contributed by atoms with Gasteiger partial charge in [-0.15, -0.1) is 0 Å². The van der Waals surface area contributed by atoms with E-state index in [0.717, 1.165) is 25.3 Å². The smallest absolute Gasteiger partial charge is 0.224 e. The summed E-state index contributed by atoms with van der Waals surface area (Å²) < 4.78 is 0. The maximum absolute atomic E-state index is 12.2. The molecule has 3 unspecified atom stereocenters. The maximum Gasteiger partial charge on any atom is 0.224 e. The second-order valence-corrected chi connectivity index (χ2v) is 6.85. The lowest BCUT2D eigenvalue weighted by Gasteiger charge is -2.37. The van der Waals surface area contributed by atoms with Crippen LogP contribution in [0.25, 0.3) is 0 Å². The number of hydrogen-bond acceptors (Lipinski definition) is 3. The van der Waals surface area contributed by atoms with Crippen LogP contribution >= 0.6 is 0 Å². The van der Waals surface area contributed by atoms with E-state index < -0.39 is 0 Å². The van der Waals surface area contributed by atoms with Crippen LogP contribution in [-0.2, 0) is 4.79 Å². The summed E-state index contributed by atoms with van der Waals surface area (Å²) in [5.74, 6) is 1.32. The number of amides is 1. The summed E-state index contributed by atoms with van der Waals surface area (Å²) in [6.07, 6.45) is 10.3. The zero-order valence-corrected chi connectivity index (χ0v) is 13.7. The molecule has 1 saturated carbocycles. The van der Waals surface area contributed by atoms with E-state index >= 15 is 0 Å². The molecule has 0 radical (unpaired) electrons. The van der Waals surface area contributed by atoms with Gasteiger partial charge in [0.1, 0.15) is 0 Å². The van der Waals surface area contributed by atoms with Gasteiger partial charge in [-0.3, -0.25) is 9.69 Å². The number of nitrogens with one attached hydrogen (secondary N) is 1. The number of nitrogens with two attached hydrogens (primary N) is 1. The van der Waals surface area contributed by atoms with Gasteiger partial charge in [-0.05, 0) is 44.6 Å². The van der Waals surface area contributed by atoms with E-state index in [9.17, 15) is 4.79 Å². The fourth-order valence-corrected chi connectivity index (χ4v) is 4.02. The fraction of sp³-hybridized carbons (Fsp3) is 0.941. The zero-order valence-electron chi connectivity index (χ0n) is 13.7. The minimum Gasteiger partial charge on any atom is -0.355 e. The van der Waals surface area contributed by atoms with Crippen molar-refractivity contribution in [2.45, 2.75) is 64.3 Å². The van der Waals surface area contributed by atoms with E-state index in [1.807, 2.05) is 0 Å². The molecule has 4 nitrogen and oxygen atoms in total. The molecule has 122 valence electrons. The third-order valence-electron chi connectivity index (χ3n) is 5.42. The molecule has 21 heavy (non-hydrogen) atoms. The first-order chi connectivity index (χ1) is 10.2. The summed E-state index contributed by atoms with van der Waals surface area (Å²) in [4.78, 5) is 14.8. The topological polar surface area (TPSA) is 58.4 Å². The van der Waals surface area contributed by atoms with Crippen molar-refractivity contribution >= 4 is 5.91 Å². The molecule has 3 atom stereocenters. The minimum absolute atomic E-state index is 0.176. The first-order valence-electron chi connectivity index (χ1n) is 8.96. The molecule has 1 saturated heterocycles.